The normalized spacial score (nSPS) is 15.4. The maximum atomic E-state index is 6.13. The number of fused-ring (bicyclic) bond motifs is 1. The lowest BCUT2D eigenvalue weighted by Gasteiger charge is -2.29. The molecule has 0 N–H and O–H groups in total. The van der Waals surface area contributed by atoms with Crippen molar-refractivity contribution in [3.63, 3.8) is 0 Å². The first-order valence-corrected chi connectivity index (χ1v) is 7.65. The van der Waals surface area contributed by atoms with Crippen molar-refractivity contribution < 1.29 is 9.15 Å². The molecular formula is C17H15ClN2O2. The number of hydrogen-bond donors (Lipinski definition) is 0. The Bertz CT molecular complexity index is 809. The van der Waals surface area contributed by atoms with E-state index in [-0.39, 0.29) is 0 Å². The molecule has 1 aliphatic heterocycles. The molecule has 0 amide bonds. The molecule has 0 saturated carbocycles. The Labute approximate surface area is 133 Å². The molecule has 1 aromatic carbocycles. The highest BCUT2D eigenvalue weighted by molar-refractivity contribution is 6.31. The first-order valence-electron chi connectivity index (χ1n) is 7.28. The molecule has 0 radical (unpaired) electrons. The zero-order valence-corrected chi connectivity index (χ0v) is 12.7. The number of anilines is 1. The number of nitrogens with zero attached hydrogens (tertiary/aromatic N) is 2. The van der Waals surface area contributed by atoms with Crippen molar-refractivity contribution in [1.82, 2.24) is 4.98 Å². The Morgan fingerprint density at radius 1 is 1.14 bits per heavy atom. The van der Waals surface area contributed by atoms with Crippen molar-refractivity contribution >= 4 is 28.4 Å². The maximum absolute atomic E-state index is 6.13. The molecule has 112 valence electrons. The van der Waals surface area contributed by atoms with Gasteiger partial charge in [-0.1, -0.05) is 23.7 Å². The van der Waals surface area contributed by atoms with E-state index < -0.39 is 0 Å². The van der Waals surface area contributed by atoms with Crippen LogP contribution in [0.5, 0.6) is 0 Å². The van der Waals surface area contributed by atoms with Crippen molar-refractivity contribution in [3.8, 4) is 11.1 Å². The van der Waals surface area contributed by atoms with E-state index in [2.05, 4.69) is 9.88 Å². The zero-order valence-electron chi connectivity index (χ0n) is 12.0. The topological polar surface area (TPSA) is 38.5 Å². The Morgan fingerprint density at radius 3 is 2.82 bits per heavy atom. The predicted octanol–water partition coefficient (Wildman–Crippen LogP) is 3.98. The van der Waals surface area contributed by atoms with Gasteiger partial charge in [0.2, 0.25) is 5.71 Å². The van der Waals surface area contributed by atoms with Gasteiger partial charge < -0.3 is 14.1 Å². The van der Waals surface area contributed by atoms with E-state index in [0.717, 1.165) is 48.5 Å². The molecule has 1 fully saturated rings. The van der Waals surface area contributed by atoms with Gasteiger partial charge in [0.1, 0.15) is 6.26 Å². The number of ether oxygens (including phenoxy) is 1. The molecule has 0 bridgehead atoms. The van der Waals surface area contributed by atoms with E-state index in [1.807, 2.05) is 30.3 Å². The van der Waals surface area contributed by atoms with Gasteiger partial charge >= 0.3 is 0 Å². The number of aromatic nitrogens is 1. The molecule has 5 heteroatoms. The van der Waals surface area contributed by atoms with Crippen LogP contribution in [0.15, 0.2) is 47.2 Å². The van der Waals surface area contributed by atoms with E-state index in [1.54, 1.807) is 12.5 Å². The van der Waals surface area contributed by atoms with Gasteiger partial charge in [0, 0.05) is 29.9 Å². The number of rotatable bonds is 2. The largest absolute Gasteiger partial charge is 0.445 e. The molecule has 0 unspecified atom stereocenters. The van der Waals surface area contributed by atoms with Crippen molar-refractivity contribution in [2.45, 2.75) is 0 Å². The average Bonchev–Trinajstić information content (AvgIpc) is 3.00. The lowest BCUT2D eigenvalue weighted by Crippen LogP contribution is -2.36. The van der Waals surface area contributed by atoms with E-state index in [1.165, 1.54) is 0 Å². The summed E-state index contributed by atoms with van der Waals surface area (Å²) in [6, 6.07) is 9.83. The van der Waals surface area contributed by atoms with E-state index >= 15 is 0 Å². The minimum atomic E-state index is 0.652. The van der Waals surface area contributed by atoms with E-state index in [4.69, 9.17) is 20.8 Å². The number of furan rings is 1. The molecule has 22 heavy (non-hydrogen) atoms. The highest BCUT2D eigenvalue weighted by atomic mass is 35.5. The Morgan fingerprint density at radius 2 is 2.00 bits per heavy atom. The van der Waals surface area contributed by atoms with Gasteiger partial charge in [-0.3, -0.25) is 0 Å². The minimum absolute atomic E-state index is 0.652. The number of hydrogen-bond acceptors (Lipinski definition) is 4. The fraction of sp³-hybridized carbons (Fsp3) is 0.235. The van der Waals surface area contributed by atoms with Gasteiger partial charge in [0.05, 0.1) is 24.3 Å². The molecule has 1 saturated heterocycles. The van der Waals surface area contributed by atoms with E-state index in [0.29, 0.717) is 10.7 Å². The predicted molar refractivity (Wildman–Crippen MR) is 87.5 cm³/mol. The average molecular weight is 315 g/mol. The van der Waals surface area contributed by atoms with Gasteiger partial charge in [-0.05, 0) is 23.8 Å². The molecule has 4 nitrogen and oxygen atoms in total. The third-order valence-electron chi connectivity index (χ3n) is 3.94. The molecule has 0 atom stereocenters. The van der Waals surface area contributed by atoms with Gasteiger partial charge in [-0.25, -0.2) is 4.98 Å². The van der Waals surface area contributed by atoms with Crippen LogP contribution in [-0.2, 0) is 4.74 Å². The van der Waals surface area contributed by atoms with Gasteiger partial charge in [-0.15, -0.1) is 0 Å². The first kappa shape index (κ1) is 13.6. The summed E-state index contributed by atoms with van der Waals surface area (Å²) in [5, 5.41) is 1.75. The Kier molecular flexibility index (Phi) is 3.48. The summed E-state index contributed by atoms with van der Waals surface area (Å²) in [4.78, 5) is 6.66. The number of halogens is 1. The summed E-state index contributed by atoms with van der Waals surface area (Å²) in [5.74, 6) is 0. The van der Waals surface area contributed by atoms with Crippen LogP contribution >= 0.6 is 11.6 Å². The van der Waals surface area contributed by atoms with Crippen molar-refractivity contribution in [2.24, 2.45) is 0 Å². The third kappa shape index (κ3) is 2.34. The standard InChI is InChI=1S/C17H15ClN2O2/c18-13-3-1-2-12(10-13)14-11-22-17-16(14)15(4-5-19-17)20-6-8-21-9-7-20/h1-5,10-11H,6-9H2. The third-order valence-corrected chi connectivity index (χ3v) is 4.17. The molecule has 3 aromatic rings. The van der Waals surface area contributed by atoms with Crippen LogP contribution in [0.2, 0.25) is 5.02 Å². The summed E-state index contributed by atoms with van der Waals surface area (Å²) in [6.07, 6.45) is 3.55. The van der Waals surface area contributed by atoms with Crippen LogP contribution in [-0.4, -0.2) is 31.3 Å². The zero-order chi connectivity index (χ0) is 14.9. The molecule has 2 aromatic heterocycles. The van der Waals surface area contributed by atoms with Crippen LogP contribution < -0.4 is 4.90 Å². The molecule has 3 heterocycles. The van der Waals surface area contributed by atoms with Crippen LogP contribution in [0.4, 0.5) is 5.69 Å². The van der Waals surface area contributed by atoms with Crippen LogP contribution in [0.1, 0.15) is 0 Å². The maximum Gasteiger partial charge on any atom is 0.228 e. The quantitative estimate of drug-likeness (QED) is 0.717. The SMILES string of the molecule is Clc1cccc(-c2coc3nccc(N4CCOCC4)c23)c1. The smallest absolute Gasteiger partial charge is 0.228 e. The summed E-state index contributed by atoms with van der Waals surface area (Å²) in [5.41, 5.74) is 3.84. The van der Waals surface area contributed by atoms with Crippen molar-refractivity contribution in [1.29, 1.82) is 0 Å². The van der Waals surface area contributed by atoms with Crippen molar-refractivity contribution in [2.75, 3.05) is 31.2 Å². The molecule has 0 aliphatic carbocycles. The highest BCUT2D eigenvalue weighted by Gasteiger charge is 2.19. The second-order valence-corrected chi connectivity index (χ2v) is 5.71. The molecule has 1 aliphatic rings. The number of benzene rings is 1. The molecular weight excluding hydrogens is 300 g/mol. The number of morpholine rings is 1. The second-order valence-electron chi connectivity index (χ2n) is 5.27. The fourth-order valence-electron chi connectivity index (χ4n) is 2.89. The lowest BCUT2D eigenvalue weighted by molar-refractivity contribution is 0.123. The summed E-state index contributed by atoms with van der Waals surface area (Å²) < 4.78 is 11.1. The van der Waals surface area contributed by atoms with Gasteiger partial charge in [0.15, 0.2) is 0 Å². The second kappa shape index (κ2) is 5.63. The van der Waals surface area contributed by atoms with Gasteiger partial charge in [0.25, 0.3) is 0 Å². The fourth-order valence-corrected chi connectivity index (χ4v) is 3.08. The number of pyridine rings is 1. The molecule has 0 spiro atoms. The summed E-state index contributed by atoms with van der Waals surface area (Å²) in [6.45, 7) is 3.24. The summed E-state index contributed by atoms with van der Waals surface area (Å²) >= 11 is 6.13. The minimum Gasteiger partial charge on any atom is -0.445 e. The van der Waals surface area contributed by atoms with Gasteiger partial charge in [-0.2, -0.15) is 0 Å². The highest BCUT2D eigenvalue weighted by Crippen LogP contribution is 2.37. The van der Waals surface area contributed by atoms with Crippen LogP contribution in [0.3, 0.4) is 0 Å². The molecule has 4 rings (SSSR count). The van der Waals surface area contributed by atoms with Crippen molar-refractivity contribution in [3.05, 3.63) is 47.8 Å². The monoisotopic (exact) mass is 314 g/mol. The summed E-state index contributed by atoms with van der Waals surface area (Å²) in [7, 11) is 0. The Balaban J connectivity index is 1.89. The van der Waals surface area contributed by atoms with Crippen LogP contribution in [0, 0.1) is 0 Å². The lowest BCUT2D eigenvalue weighted by atomic mass is 10.0. The Hall–Kier alpha value is -2.04. The van der Waals surface area contributed by atoms with Crippen LogP contribution in [0.25, 0.3) is 22.2 Å². The first-order chi connectivity index (χ1) is 10.8. The van der Waals surface area contributed by atoms with E-state index in [9.17, 15) is 0 Å².